The first-order valence-corrected chi connectivity index (χ1v) is 8.92. The fraction of sp³-hybridized carbons (Fsp3) is 0.0909. The van der Waals surface area contributed by atoms with Gasteiger partial charge in [0.05, 0.1) is 0 Å². The van der Waals surface area contributed by atoms with Crippen LogP contribution in [0, 0.1) is 0 Å². The second kappa shape index (κ2) is 5.64. The van der Waals surface area contributed by atoms with Crippen LogP contribution in [-0.4, -0.2) is 0 Å². The lowest BCUT2D eigenvalue weighted by molar-refractivity contribution is 0.759. The quantitative estimate of drug-likeness (QED) is 0.436. The lowest BCUT2D eigenvalue weighted by Gasteiger charge is -2.31. The molecular formula is C22H17I. The van der Waals surface area contributed by atoms with Crippen molar-refractivity contribution in [2.75, 3.05) is 0 Å². The molecule has 0 saturated carbocycles. The molecule has 0 fully saturated rings. The highest BCUT2D eigenvalue weighted by Gasteiger charge is 2.42. The van der Waals surface area contributed by atoms with Crippen LogP contribution in [0.25, 0.3) is 9.15 Å². The van der Waals surface area contributed by atoms with Gasteiger partial charge < -0.3 is 0 Å². The molecule has 0 bridgehead atoms. The highest BCUT2D eigenvalue weighted by molar-refractivity contribution is 14.1. The van der Waals surface area contributed by atoms with Gasteiger partial charge in [-0.1, -0.05) is 84.9 Å². The van der Waals surface area contributed by atoms with E-state index < -0.39 is 0 Å². The molecule has 0 heterocycles. The van der Waals surface area contributed by atoms with Gasteiger partial charge >= 0.3 is 0 Å². The van der Waals surface area contributed by atoms with Gasteiger partial charge in [0, 0.05) is 8.99 Å². The van der Waals surface area contributed by atoms with Crippen LogP contribution < -0.4 is 0 Å². The van der Waals surface area contributed by atoms with Crippen LogP contribution in [0.3, 0.4) is 0 Å². The molecule has 3 aromatic carbocycles. The summed E-state index contributed by atoms with van der Waals surface area (Å²) in [6.45, 7) is 2.36. The summed E-state index contributed by atoms with van der Waals surface area (Å²) < 4.78 is 1.36. The average Bonchev–Trinajstić information content (AvgIpc) is 2.86. The zero-order valence-electron chi connectivity index (χ0n) is 13.0. The minimum atomic E-state index is -0.115. The van der Waals surface area contributed by atoms with Crippen molar-refractivity contribution in [3.8, 4) is 0 Å². The van der Waals surface area contributed by atoms with Crippen molar-refractivity contribution >= 4 is 31.7 Å². The number of hydrogen-bond donors (Lipinski definition) is 0. The molecule has 0 spiro atoms. The van der Waals surface area contributed by atoms with Crippen molar-refractivity contribution in [1.29, 1.82) is 0 Å². The molecule has 23 heavy (non-hydrogen) atoms. The van der Waals surface area contributed by atoms with E-state index in [9.17, 15) is 0 Å². The van der Waals surface area contributed by atoms with Gasteiger partial charge in [-0.15, -0.1) is 0 Å². The van der Waals surface area contributed by atoms with E-state index in [1.807, 2.05) is 0 Å². The molecule has 0 aliphatic heterocycles. The summed E-state index contributed by atoms with van der Waals surface area (Å²) in [6.07, 6.45) is 0. The Morgan fingerprint density at radius 2 is 1.26 bits per heavy atom. The predicted octanol–water partition coefficient (Wildman–Crippen LogP) is 6.31. The zero-order valence-corrected chi connectivity index (χ0v) is 15.1. The van der Waals surface area contributed by atoms with Crippen LogP contribution in [-0.2, 0) is 5.41 Å². The Balaban J connectivity index is 2.05. The fourth-order valence-electron chi connectivity index (χ4n) is 3.69. The Kier molecular flexibility index (Phi) is 3.61. The maximum atomic E-state index is 2.52. The standard InChI is InChI=1S/C22H17I/c1-22(17-12-6-3-7-13-17)19-15-9-8-14-18(19)21(23)20(22)16-10-4-2-5-11-16/h2-15H,1H3. The molecule has 1 atom stereocenters. The normalized spacial score (nSPS) is 19.7. The van der Waals surface area contributed by atoms with Crippen LogP contribution >= 0.6 is 22.6 Å². The minimum absolute atomic E-state index is 0.115. The van der Waals surface area contributed by atoms with Crippen LogP contribution in [0.2, 0.25) is 0 Å². The molecule has 0 aromatic heterocycles. The summed E-state index contributed by atoms with van der Waals surface area (Å²) >= 11 is 2.52. The first kappa shape index (κ1) is 14.7. The Morgan fingerprint density at radius 1 is 0.696 bits per heavy atom. The van der Waals surface area contributed by atoms with E-state index >= 15 is 0 Å². The van der Waals surface area contributed by atoms with E-state index in [0.29, 0.717) is 0 Å². The van der Waals surface area contributed by atoms with Gasteiger partial charge in [-0.05, 0) is 57.3 Å². The Morgan fingerprint density at radius 3 is 1.96 bits per heavy atom. The van der Waals surface area contributed by atoms with Crippen molar-refractivity contribution in [1.82, 2.24) is 0 Å². The van der Waals surface area contributed by atoms with Crippen molar-refractivity contribution in [2.24, 2.45) is 0 Å². The highest BCUT2D eigenvalue weighted by atomic mass is 127. The SMILES string of the molecule is CC1(c2ccccc2)C(c2ccccc2)=C(I)c2ccccc21. The van der Waals surface area contributed by atoms with Crippen molar-refractivity contribution < 1.29 is 0 Å². The van der Waals surface area contributed by atoms with E-state index in [0.717, 1.165) is 0 Å². The van der Waals surface area contributed by atoms with Gasteiger partial charge in [-0.3, -0.25) is 0 Å². The molecule has 4 rings (SSSR count). The number of halogens is 1. The monoisotopic (exact) mass is 408 g/mol. The Hall–Kier alpha value is -1.87. The third-order valence-corrected chi connectivity index (χ3v) is 5.96. The molecule has 1 aliphatic rings. The molecular weight excluding hydrogens is 391 g/mol. The van der Waals surface area contributed by atoms with Crippen LogP contribution in [0.4, 0.5) is 0 Å². The number of hydrogen-bond acceptors (Lipinski definition) is 0. The average molecular weight is 408 g/mol. The Bertz CT molecular complexity index is 878. The second-order valence-electron chi connectivity index (χ2n) is 6.09. The van der Waals surface area contributed by atoms with Gasteiger partial charge in [0.15, 0.2) is 0 Å². The number of rotatable bonds is 2. The van der Waals surface area contributed by atoms with Gasteiger partial charge in [0.1, 0.15) is 0 Å². The molecule has 1 heteroatoms. The van der Waals surface area contributed by atoms with E-state index in [2.05, 4.69) is 114 Å². The number of benzene rings is 3. The molecule has 112 valence electrons. The van der Waals surface area contributed by atoms with E-state index in [1.165, 1.54) is 31.4 Å². The maximum Gasteiger partial charge on any atom is 0.0446 e. The summed E-state index contributed by atoms with van der Waals surface area (Å²) in [7, 11) is 0. The van der Waals surface area contributed by atoms with Crippen molar-refractivity contribution in [3.05, 3.63) is 107 Å². The second-order valence-corrected chi connectivity index (χ2v) is 7.17. The number of fused-ring (bicyclic) bond motifs is 1. The maximum absolute atomic E-state index is 2.52. The Labute approximate surface area is 151 Å². The molecule has 0 saturated heterocycles. The van der Waals surface area contributed by atoms with Crippen molar-refractivity contribution in [3.63, 3.8) is 0 Å². The fourth-order valence-corrected chi connectivity index (χ4v) is 5.01. The van der Waals surface area contributed by atoms with Gasteiger partial charge in [-0.2, -0.15) is 0 Å². The molecule has 0 nitrogen and oxygen atoms in total. The van der Waals surface area contributed by atoms with E-state index in [1.54, 1.807) is 0 Å². The largest absolute Gasteiger partial charge is 0.0622 e. The molecule has 3 aromatic rings. The van der Waals surface area contributed by atoms with Crippen LogP contribution in [0.5, 0.6) is 0 Å². The van der Waals surface area contributed by atoms with Crippen LogP contribution in [0.15, 0.2) is 84.9 Å². The van der Waals surface area contributed by atoms with E-state index in [4.69, 9.17) is 0 Å². The molecule has 0 amide bonds. The first-order chi connectivity index (χ1) is 11.2. The summed E-state index contributed by atoms with van der Waals surface area (Å²) in [4.78, 5) is 0. The minimum Gasteiger partial charge on any atom is -0.0622 e. The lowest BCUT2D eigenvalue weighted by atomic mass is 9.71. The lowest BCUT2D eigenvalue weighted by Crippen LogP contribution is -2.23. The van der Waals surface area contributed by atoms with E-state index in [-0.39, 0.29) is 5.41 Å². The highest BCUT2D eigenvalue weighted by Crippen LogP contribution is 2.56. The molecule has 1 unspecified atom stereocenters. The van der Waals surface area contributed by atoms with Gasteiger partial charge in [0.25, 0.3) is 0 Å². The summed E-state index contributed by atoms with van der Waals surface area (Å²) in [5, 5.41) is 0. The third-order valence-electron chi connectivity index (χ3n) is 4.84. The third kappa shape index (κ3) is 2.18. The summed E-state index contributed by atoms with van der Waals surface area (Å²) in [6, 6.07) is 30.4. The summed E-state index contributed by atoms with van der Waals surface area (Å²) in [5.41, 5.74) is 6.70. The summed E-state index contributed by atoms with van der Waals surface area (Å²) in [5.74, 6) is 0. The zero-order chi connectivity index (χ0) is 15.9. The first-order valence-electron chi connectivity index (χ1n) is 7.84. The molecule has 0 radical (unpaired) electrons. The smallest absolute Gasteiger partial charge is 0.0446 e. The van der Waals surface area contributed by atoms with Crippen molar-refractivity contribution in [2.45, 2.75) is 12.3 Å². The topological polar surface area (TPSA) is 0 Å². The van der Waals surface area contributed by atoms with Crippen LogP contribution in [0.1, 0.15) is 29.2 Å². The van der Waals surface area contributed by atoms with Gasteiger partial charge in [-0.25, -0.2) is 0 Å². The molecule has 1 aliphatic carbocycles. The predicted molar refractivity (Wildman–Crippen MR) is 107 cm³/mol. The van der Waals surface area contributed by atoms with Gasteiger partial charge in [0.2, 0.25) is 0 Å². The number of allylic oxidation sites excluding steroid dienone is 1. The molecule has 0 N–H and O–H groups in total.